The molecule has 5 heterocycles. The van der Waals surface area contributed by atoms with Gasteiger partial charge in [-0.1, -0.05) is 0 Å². The van der Waals surface area contributed by atoms with Crippen LogP contribution in [0, 0.1) is 5.82 Å². The lowest BCUT2D eigenvalue weighted by Crippen LogP contribution is -2.51. The molecule has 0 spiro atoms. The monoisotopic (exact) mass is 523 g/mol. The third-order valence-electron chi connectivity index (χ3n) is 7.40. The molecule has 3 aliphatic heterocycles. The van der Waals surface area contributed by atoms with Crippen molar-refractivity contribution < 1.29 is 23.8 Å². The number of fused-ring (bicyclic) bond motifs is 4. The molecule has 2 bridgehead atoms. The highest BCUT2D eigenvalue weighted by Gasteiger charge is 2.33. The van der Waals surface area contributed by atoms with E-state index in [4.69, 9.17) is 14.8 Å². The lowest BCUT2D eigenvalue weighted by molar-refractivity contribution is -0.123. The molecular weight excluding hydrogens is 493 g/mol. The van der Waals surface area contributed by atoms with Gasteiger partial charge in [-0.15, -0.1) is 0 Å². The molecule has 12 heteroatoms. The smallest absolute Gasteiger partial charge is 0.258 e. The van der Waals surface area contributed by atoms with Crippen LogP contribution in [0.4, 0.5) is 16.0 Å². The number of ether oxygens (including phenoxy) is 1. The Morgan fingerprint density at radius 1 is 1.13 bits per heavy atom. The van der Waals surface area contributed by atoms with E-state index >= 15 is 0 Å². The highest BCUT2D eigenvalue weighted by atomic mass is 19.1. The van der Waals surface area contributed by atoms with Crippen LogP contribution in [-0.4, -0.2) is 88.9 Å². The van der Waals surface area contributed by atoms with E-state index in [9.17, 15) is 19.1 Å². The molecule has 0 unspecified atom stereocenters. The maximum atomic E-state index is 14.3. The lowest BCUT2D eigenvalue weighted by Gasteiger charge is -2.37. The van der Waals surface area contributed by atoms with Gasteiger partial charge in [0.05, 0.1) is 23.4 Å². The second kappa shape index (κ2) is 9.75. The number of carbonyl (C=O) groups excluding carboxylic acids is 2. The first-order valence-electron chi connectivity index (χ1n) is 12.9. The van der Waals surface area contributed by atoms with Gasteiger partial charge in [-0.3, -0.25) is 9.59 Å². The minimum atomic E-state index is -0.554. The summed E-state index contributed by atoms with van der Waals surface area (Å²) in [6.45, 7) is 2.05. The van der Waals surface area contributed by atoms with Gasteiger partial charge in [0.15, 0.2) is 12.3 Å². The Balaban J connectivity index is 1.46. The molecule has 3 aliphatic rings. The predicted molar refractivity (Wildman–Crippen MR) is 137 cm³/mol. The number of hydrogen-bond donors (Lipinski definition) is 2. The van der Waals surface area contributed by atoms with Crippen LogP contribution in [0.2, 0.25) is 0 Å². The number of benzene rings is 1. The first-order chi connectivity index (χ1) is 18.4. The Bertz CT molecular complexity index is 1390. The molecule has 2 fully saturated rings. The van der Waals surface area contributed by atoms with Crippen LogP contribution in [0.3, 0.4) is 0 Å². The van der Waals surface area contributed by atoms with Gasteiger partial charge < -0.3 is 29.9 Å². The molecule has 6 rings (SSSR count). The van der Waals surface area contributed by atoms with E-state index in [1.807, 2.05) is 29.0 Å². The Kier molecular flexibility index (Phi) is 6.26. The van der Waals surface area contributed by atoms with Gasteiger partial charge in [-0.25, -0.2) is 9.37 Å². The average molecular weight is 524 g/mol. The number of aromatic nitrogens is 3. The number of halogens is 1. The van der Waals surface area contributed by atoms with Gasteiger partial charge in [-0.05, 0) is 37.5 Å². The molecule has 1 aromatic carbocycles. The molecule has 11 nitrogen and oxygen atoms in total. The number of nitrogens with zero attached hydrogens (tertiary/aromatic N) is 6. The van der Waals surface area contributed by atoms with Crippen molar-refractivity contribution in [2.75, 3.05) is 56.2 Å². The summed E-state index contributed by atoms with van der Waals surface area (Å²) in [7, 11) is 1.91. The molecule has 1 atom stereocenters. The van der Waals surface area contributed by atoms with Crippen molar-refractivity contribution in [2.24, 2.45) is 0 Å². The van der Waals surface area contributed by atoms with Gasteiger partial charge in [0.2, 0.25) is 0 Å². The predicted octanol–water partition coefficient (Wildman–Crippen LogP) is 1.36. The van der Waals surface area contributed by atoms with Gasteiger partial charge in [-0.2, -0.15) is 9.61 Å². The van der Waals surface area contributed by atoms with Gasteiger partial charge in [0.25, 0.3) is 11.8 Å². The third-order valence-corrected chi connectivity index (χ3v) is 7.40. The summed E-state index contributed by atoms with van der Waals surface area (Å²) in [5, 5.41) is 17.6. The summed E-state index contributed by atoms with van der Waals surface area (Å²) in [5.41, 5.74) is 1.42. The van der Waals surface area contributed by atoms with Crippen molar-refractivity contribution in [2.45, 2.75) is 31.4 Å². The van der Waals surface area contributed by atoms with Crippen molar-refractivity contribution in [3.05, 3.63) is 47.4 Å². The molecule has 0 aliphatic carbocycles. The van der Waals surface area contributed by atoms with E-state index in [1.54, 1.807) is 9.42 Å². The second-order valence-corrected chi connectivity index (χ2v) is 10.1. The van der Waals surface area contributed by atoms with Crippen LogP contribution in [0.25, 0.3) is 5.65 Å². The summed E-state index contributed by atoms with van der Waals surface area (Å²) >= 11 is 0. The number of aliphatic hydroxyl groups excluding tert-OH is 1. The second-order valence-electron chi connectivity index (χ2n) is 10.1. The van der Waals surface area contributed by atoms with E-state index < -0.39 is 5.82 Å². The maximum Gasteiger partial charge on any atom is 0.258 e. The zero-order valence-corrected chi connectivity index (χ0v) is 21.1. The standard InChI is InChI=1S/C26H30FN7O4/c1-31-9-7-28-24(36)15-38-21-6-5-16(27)10-18(21)26(37)33-8-3-2-4-20(33)19-11-23-29-22(32-13-17(35)14-32)12-25(31)34(23)30-19/h5-6,10-12,17,20,35H,2-4,7-9,13-15H2,1H3,(H,28,36)/t20-/m0/s1. The highest BCUT2D eigenvalue weighted by molar-refractivity contribution is 5.97. The summed E-state index contributed by atoms with van der Waals surface area (Å²) in [5.74, 6) is 0.403. The number of likely N-dealkylation sites (N-methyl/N-ethyl adjacent to an activating group) is 1. The fourth-order valence-electron chi connectivity index (χ4n) is 5.31. The number of piperidine rings is 1. The minimum absolute atomic E-state index is 0.0812. The molecule has 0 saturated carbocycles. The van der Waals surface area contributed by atoms with E-state index in [-0.39, 0.29) is 41.9 Å². The van der Waals surface area contributed by atoms with Gasteiger partial charge in [0, 0.05) is 51.9 Å². The van der Waals surface area contributed by atoms with Crippen molar-refractivity contribution in [3.8, 4) is 5.75 Å². The first-order valence-corrected chi connectivity index (χ1v) is 12.9. The molecule has 2 saturated heterocycles. The average Bonchev–Trinajstić information content (AvgIpc) is 3.33. The molecule has 2 amide bonds. The van der Waals surface area contributed by atoms with Crippen molar-refractivity contribution in [1.29, 1.82) is 0 Å². The van der Waals surface area contributed by atoms with Crippen LogP contribution < -0.4 is 19.9 Å². The van der Waals surface area contributed by atoms with E-state index in [0.29, 0.717) is 50.5 Å². The van der Waals surface area contributed by atoms with Gasteiger partial charge in [0.1, 0.15) is 23.2 Å². The first kappa shape index (κ1) is 24.4. The Hall–Kier alpha value is -3.93. The molecule has 0 radical (unpaired) electrons. The number of β-amino-alcohol motifs (C(OH)–C–C–N with tert-alkyl or cyclic N) is 1. The summed E-state index contributed by atoms with van der Waals surface area (Å²) in [6.07, 6.45) is 2.07. The maximum absolute atomic E-state index is 14.3. The molecule has 38 heavy (non-hydrogen) atoms. The third kappa shape index (κ3) is 4.49. The Labute approximate surface area is 218 Å². The fraction of sp³-hybridized carbons (Fsp3) is 0.462. The number of hydrogen-bond acceptors (Lipinski definition) is 8. The van der Waals surface area contributed by atoms with E-state index in [2.05, 4.69) is 5.32 Å². The summed E-state index contributed by atoms with van der Waals surface area (Å²) in [4.78, 5) is 36.8. The molecular formula is C26H30FN7O4. The quantitative estimate of drug-likeness (QED) is 0.492. The van der Waals surface area contributed by atoms with E-state index in [1.165, 1.54) is 12.1 Å². The van der Waals surface area contributed by atoms with E-state index in [0.717, 1.165) is 30.5 Å². The Morgan fingerprint density at radius 3 is 2.79 bits per heavy atom. The number of amides is 2. The fourth-order valence-corrected chi connectivity index (χ4v) is 5.31. The Morgan fingerprint density at radius 2 is 1.97 bits per heavy atom. The SMILES string of the molecule is CN1CCNC(=O)COc2ccc(F)cc2C(=O)N2CCCC[C@H]2c2cc3nc(N4CC(O)C4)cc1n3n2. The number of rotatable bonds is 1. The van der Waals surface area contributed by atoms with Crippen LogP contribution >= 0.6 is 0 Å². The van der Waals surface area contributed by atoms with Gasteiger partial charge >= 0.3 is 0 Å². The van der Waals surface area contributed by atoms with Crippen molar-refractivity contribution in [3.63, 3.8) is 0 Å². The normalized spacial score (nSPS) is 21.1. The van der Waals surface area contributed by atoms with Crippen molar-refractivity contribution in [1.82, 2.24) is 24.8 Å². The van der Waals surface area contributed by atoms with Crippen LogP contribution in [0.15, 0.2) is 30.3 Å². The summed E-state index contributed by atoms with van der Waals surface area (Å²) in [6, 6.07) is 7.27. The number of anilines is 2. The molecule has 200 valence electrons. The highest BCUT2D eigenvalue weighted by Crippen LogP contribution is 2.35. The molecule has 2 N–H and O–H groups in total. The molecule has 3 aromatic rings. The number of carbonyl (C=O) groups is 2. The number of aliphatic hydroxyl groups is 1. The van der Waals surface area contributed by atoms with Crippen LogP contribution in [0.1, 0.15) is 41.4 Å². The zero-order valence-electron chi connectivity index (χ0n) is 21.1. The van der Waals surface area contributed by atoms with Crippen molar-refractivity contribution >= 4 is 29.1 Å². The number of nitrogens with one attached hydrogen (secondary N) is 1. The lowest BCUT2D eigenvalue weighted by atomic mass is 9.98. The molecule has 2 aromatic heterocycles. The topological polar surface area (TPSA) is 116 Å². The van der Waals surface area contributed by atoms with Crippen LogP contribution in [0.5, 0.6) is 5.75 Å². The zero-order chi connectivity index (χ0) is 26.4. The minimum Gasteiger partial charge on any atom is -0.483 e. The largest absolute Gasteiger partial charge is 0.483 e. The van der Waals surface area contributed by atoms with Crippen LogP contribution in [-0.2, 0) is 4.79 Å². The summed E-state index contributed by atoms with van der Waals surface area (Å²) < 4.78 is 21.7.